The van der Waals surface area contributed by atoms with Gasteiger partial charge in [-0.3, -0.25) is 0 Å². The maximum Gasteiger partial charge on any atom is 0.333 e. The highest BCUT2D eigenvalue weighted by Crippen LogP contribution is 2.27. The fraction of sp³-hybridized carbons (Fsp3) is 0.200. The zero-order chi connectivity index (χ0) is 13.8. The first-order valence-electron chi connectivity index (χ1n) is 5.91. The van der Waals surface area contributed by atoms with E-state index in [9.17, 15) is 4.79 Å². The second-order valence-electron chi connectivity index (χ2n) is 4.19. The fourth-order valence-corrected chi connectivity index (χ4v) is 1.79. The average molecular weight is 257 g/mol. The van der Waals surface area contributed by atoms with Crippen LogP contribution in [0.4, 0.5) is 0 Å². The molecule has 0 saturated carbocycles. The number of benzene rings is 1. The number of esters is 1. The Kier molecular flexibility index (Phi) is 3.80. The van der Waals surface area contributed by atoms with E-state index in [1.807, 2.05) is 37.3 Å². The van der Waals surface area contributed by atoms with Crippen LogP contribution in [-0.4, -0.2) is 18.2 Å². The van der Waals surface area contributed by atoms with Gasteiger partial charge in [0, 0.05) is 16.7 Å². The number of rotatable bonds is 3. The van der Waals surface area contributed by atoms with E-state index < -0.39 is 0 Å². The zero-order valence-electron chi connectivity index (χ0n) is 11.1. The van der Waals surface area contributed by atoms with Crippen LogP contribution in [0.15, 0.2) is 40.4 Å². The van der Waals surface area contributed by atoms with Crippen LogP contribution in [-0.2, 0) is 9.53 Å². The molecule has 0 aliphatic carbocycles. The van der Waals surface area contributed by atoms with Gasteiger partial charge in [-0.1, -0.05) is 35.5 Å². The normalized spacial score (nSPS) is 11.4. The van der Waals surface area contributed by atoms with Gasteiger partial charge in [-0.15, -0.1) is 0 Å². The van der Waals surface area contributed by atoms with Crippen LogP contribution >= 0.6 is 0 Å². The minimum Gasteiger partial charge on any atom is -0.466 e. The number of carbonyl (C=O) groups excluding carboxylic acids is 1. The SMILES string of the molecule is COC(=O)C(C)=Cc1c(-c2ccccc2)noc1C. The molecule has 98 valence electrons. The Morgan fingerprint density at radius 1 is 1.32 bits per heavy atom. The summed E-state index contributed by atoms with van der Waals surface area (Å²) < 4.78 is 9.91. The van der Waals surface area contributed by atoms with E-state index in [0.29, 0.717) is 11.3 Å². The number of nitrogens with zero attached hydrogens (tertiary/aromatic N) is 1. The van der Waals surface area contributed by atoms with Crippen molar-refractivity contribution >= 4 is 12.0 Å². The predicted octanol–water partition coefficient (Wildman–Crippen LogP) is 3.23. The van der Waals surface area contributed by atoms with Gasteiger partial charge < -0.3 is 9.26 Å². The summed E-state index contributed by atoms with van der Waals surface area (Å²) in [4.78, 5) is 11.5. The Labute approximate surface area is 111 Å². The van der Waals surface area contributed by atoms with E-state index in [-0.39, 0.29) is 5.97 Å². The van der Waals surface area contributed by atoms with Crippen molar-refractivity contribution in [3.05, 3.63) is 47.2 Å². The minimum absolute atomic E-state index is 0.361. The van der Waals surface area contributed by atoms with Crippen LogP contribution in [0.5, 0.6) is 0 Å². The van der Waals surface area contributed by atoms with Crippen molar-refractivity contribution in [3.63, 3.8) is 0 Å². The van der Waals surface area contributed by atoms with Crippen molar-refractivity contribution in [2.45, 2.75) is 13.8 Å². The molecule has 0 N–H and O–H groups in total. The summed E-state index contributed by atoms with van der Waals surface area (Å²) in [5.41, 5.74) is 2.98. The van der Waals surface area contributed by atoms with E-state index in [1.165, 1.54) is 7.11 Å². The first kappa shape index (κ1) is 13.1. The van der Waals surface area contributed by atoms with Gasteiger partial charge in [0.05, 0.1) is 7.11 Å². The molecular weight excluding hydrogens is 242 g/mol. The van der Waals surface area contributed by atoms with Crippen LogP contribution in [0.25, 0.3) is 17.3 Å². The maximum absolute atomic E-state index is 11.5. The zero-order valence-corrected chi connectivity index (χ0v) is 11.1. The molecule has 0 fully saturated rings. The lowest BCUT2D eigenvalue weighted by Crippen LogP contribution is -2.01. The van der Waals surface area contributed by atoms with Crippen molar-refractivity contribution in [2.24, 2.45) is 0 Å². The van der Waals surface area contributed by atoms with Gasteiger partial charge >= 0.3 is 5.97 Å². The number of aromatic nitrogens is 1. The smallest absolute Gasteiger partial charge is 0.333 e. The molecule has 4 nitrogen and oxygen atoms in total. The second-order valence-corrected chi connectivity index (χ2v) is 4.19. The van der Waals surface area contributed by atoms with Crippen molar-refractivity contribution in [3.8, 4) is 11.3 Å². The molecule has 19 heavy (non-hydrogen) atoms. The third-order valence-electron chi connectivity index (χ3n) is 2.82. The Morgan fingerprint density at radius 2 is 2.00 bits per heavy atom. The van der Waals surface area contributed by atoms with Crippen LogP contribution in [0, 0.1) is 6.92 Å². The predicted molar refractivity (Wildman–Crippen MR) is 72.3 cm³/mol. The molecule has 1 aromatic heterocycles. The molecule has 0 amide bonds. The lowest BCUT2D eigenvalue weighted by Gasteiger charge is -2.00. The first-order valence-corrected chi connectivity index (χ1v) is 5.91. The quantitative estimate of drug-likeness (QED) is 0.625. The monoisotopic (exact) mass is 257 g/mol. The Hall–Kier alpha value is -2.36. The number of hydrogen-bond donors (Lipinski definition) is 0. The standard InChI is InChI=1S/C15H15NO3/c1-10(15(17)18-3)9-13-11(2)19-16-14(13)12-7-5-4-6-8-12/h4-9H,1-3H3. The summed E-state index contributed by atoms with van der Waals surface area (Å²) in [5.74, 6) is 0.307. The summed E-state index contributed by atoms with van der Waals surface area (Å²) in [7, 11) is 1.36. The van der Waals surface area contributed by atoms with Gasteiger partial charge in [-0.05, 0) is 19.9 Å². The largest absolute Gasteiger partial charge is 0.466 e. The summed E-state index contributed by atoms with van der Waals surface area (Å²) in [6, 6.07) is 9.69. The highest BCUT2D eigenvalue weighted by Gasteiger charge is 2.14. The summed E-state index contributed by atoms with van der Waals surface area (Å²) in [6.45, 7) is 3.52. The molecule has 0 bridgehead atoms. The van der Waals surface area contributed by atoms with E-state index in [0.717, 1.165) is 16.8 Å². The molecule has 0 atom stereocenters. The number of ether oxygens (including phenoxy) is 1. The maximum atomic E-state index is 11.5. The average Bonchev–Trinajstić information content (AvgIpc) is 2.80. The van der Waals surface area contributed by atoms with Crippen molar-refractivity contribution in [2.75, 3.05) is 7.11 Å². The van der Waals surface area contributed by atoms with Crippen LogP contribution in [0.2, 0.25) is 0 Å². The highest BCUT2D eigenvalue weighted by molar-refractivity contribution is 5.94. The third-order valence-corrected chi connectivity index (χ3v) is 2.82. The molecule has 0 spiro atoms. The lowest BCUT2D eigenvalue weighted by molar-refractivity contribution is -0.135. The molecule has 2 aromatic rings. The first-order chi connectivity index (χ1) is 9.13. The van der Waals surface area contributed by atoms with Gasteiger partial charge in [0.25, 0.3) is 0 Å². The molecule has 1 heterocycles. The van der Waals surface area contributed by atoms with E-state index in [4.69, 9.17) is 4.52 Å². The molecule has 0 saturated heterocycles. The fourth-order valence-electron chi connectivity index (χ4n) is 1.79. The molecule has 1 aromatic carbocycles. The van der Waals surface area contributed by atoms with E-state index >= 15 is 0 Å². The third kappa shape index (κ3) is 2.73. The highest BCUT2D eigenvalue weighted by atomic mass is 16.5. The van der Waals surface area contributed by atoms with Gasteiger partial charge in [0.15, 0.2) is 0 Å². The lowest BCUT2D eigenvalue weighted by atomic mass is 10.0. The van der Waals surface area contributed by atoms with Crippen LogP contribution in [0.3, 0.4) is 0 Å². The molecular formula is C15H15NO3. The van der Waals surface area contributed by atoms with Crippen molar-refractivity contribution < 1.29 is 14.1 Å². The number of methoxy groups -OCH3 is 1. The van der Waals surface area contributed by atoms with Gasteiger partial charge in [-0.25, -0.2) is 4.79 Å². The van der Waals surface area contributed by atoms with Crippen molar-refractivity contribution in [1.29, 1.82) is 0 Å². The van der Waals surface area contributed by atoms with Gasteiger partial charge in [-0.2, -0.15) is 0 Å². The molecule has 0 aliphatic rings. The summed E-state index contributed by atoms with van der Waals surface area (Å²) >= 11 is 0. The molecule has 4 heteroatoms. The molecule has 2 rings (SSSR count). The van der Waals surface area contributed by atoms with Gasteiger partial charge in [0.2, 0.25) is 0 Å². The molecule has 0 aliphatic heterocycles. The minimum atomic E-state index is -0.361. The molecule has 0 radical (unpaired) electrons. The molecule has 0 unspecified atom stereocenters. The van der Waals surface area contributed by atoms with Crippen molar-refractivity contribution in [1.82, 2.24) is 5.16 Å². The number of aryl methyl sites for hydroxylation is 1. The van der Waals surface area contributed by atoms with Crippen LogP contribution < -0.4 is 0 Å². The van der Waals surface area contributed by atoms with E-state index in [2.05, 4.69) is 9.89 Å². The van der Waals surface area contributed by atoms with E-state index in [1.54, 1.807) is 13.0 Å². The van der Waals surface area contributed by atoms with Crippen LogP contribution in [0.1, 0.15) is 18.2 Å². The second kappa shape index (κ2) is 5.52. The summed E-state index contributed by atoms with van der Waals surface area (Å²) in [6.07, 6.45) is 1.74. The van der Waals surface area contributed by atoms with Gasteiger partial charge in [0.1, 0.15) is 11.5 Å². The summed E-state index contributed by atoms with van der Waals surface area (Å²) in [5, 5.41) is 4.05. The Morgan fingerprint density at radius 3 is 2.63 bits per heavy atom. The topological polar surface area (TPSA) is 52.3 Å². The Bertz CT molecular complexity index is 612. The Balaban J connectivity index is 2.47. The number of carbonyl (C=O) groups is 1. The number of hydrogen-bond acceptors (Lipinski definition) is 4.